The van der Waals surface area contributed by atoms with Crippen molar-refractivity contribution in [3.8, 4) is 0 Å². The first-order valence-electron chi connectivity index (χ1n) is 9.90. The lowest BCUT2D eigenvalue weighted by Crippen LogP contribution is -2.37. The maximum atomic E-state index is 13.2. The molecule has 7 nitrogen and oxygen atoms in total. The molecule has 0 spiro atoms. The van der Waals surface area contributed by atoms with Gasteiger partial charge < -0.3 is 4.90 Å². The van der Waals surface area contributed by atoms with Crippen LogP contribution in [0.4, 0.5) is 5.69 Å². The highest BCUT2D eigenvalue weighted by Crippen LogP contribution is 2.29. The van der Waals surface area contributed by atoms with Gasteiger partial charge in [0.25, 0.3) is 0 Å². The lowest BCUT2D eigenvalue weighted by Gasteiger charge is -2.28. The predicted molar refractivity (Wildman–Crippen MR) is 119 cm³/mol. The van der Waals surface area contributed by atoms with Crippen LogP contribution >= 0.6 is 11.6 Å². The van der Waals surface area contributed by atoms with Gasteiger partial charge in [-0.3, -0.25) is 9.48 Å². The highest BCUT2D eigenvalue weighted by Gasteiger charge is 2.32. The van der Waals surface area contributed by atoms with E-state index in [0.717, 1.165) is 16.9 Å². The number of anilines is 1. The number of fused-ring (bicyclic) bond motifs is 1. The van der Waals surface area contributed by atoms with Gasteiger partial charge in [0.05, 0.1) is 17.1 Å². The summed E-state index contributed by atoms with van der Waals surface area (Å²) in [7, 11) is -1.82. The average molecular weight is 459 g/mol. The first kappa shape index (κ1) is 21.5. The Bertz CT molecular complexity index is 1210. The number of hydrogen-bond donors (Lipinski definition) is 0. The molecule has 3 aromatic rings. The molecule has 0 unspecified atom stereocenters. The second-order valence-electron chi connectivity index (χ2n) is 7.48. The molecule has 1 aliphatic rings. The lowest BCUT2D eigenvalue weighted by atomic mass is 10.1. The fourth-order valence-corrected chi connectivity index (χ4v) is 5.41. The van der Waals surface area contributed by atoms with Gasteiger partial charge >= 0.3 is 0 Å². The number of rotatable bonds is 5. The maximum absolute atomic E-state index is 13.2. The molecule has 1 aromatic heterocycles. The van der Waals surface area contributed by atoms with Crippen molar-refractivity contribution in [2.24, 2.45) is 7.05 Å². The predicted octanol–water partition coefficient (Wildman–Crippen LogP) is 3.37. The second-order valence-corrected chi connectivity index (χ2v) is 9.85. The summed E-state index contributed by atoms with van der Waals surface area (Å²) in [5, 5.41) is 5.11. The summed E-state index contributed by atoms with van der Waals surface area (Å²) in [6, 6.07) is 15.6. The normalized spacial score (nSPS) is 14.3. The molecule has 162 valence electrons. The smallest absolute Gasteiger partial charge is 0.243 e. The fourth-order valence-electron chi connectivity index (χ4n) is 3.87. The van der Waals surface area contributed by atoms with E-state index in [0.29, 0.717) is 23.7 Å². The molecule has 0 aliphatic carbocycles. The first-order valence-corrected chi connectivity index (χ1v) is 11.7. The van der Waals surface area contributed by atoms with Crippen LogP contribution in [0.2, 0.25) is 5.02 Å². The van der Waals surface area contributed by atoms with E-state index in [1.807, 2.05) is 37.4 Å². The van der Waals surface area contributed by atoms with Crippen molar-refractivity contribution in [3.05, 3.63) is 76.6 Å². The standard InChI is InChI=1S/C22H23ClN4O3S/c1-16(28)27(18-6-4-3-5-7-18)15-21-20-14-26(13-12-22(20)25(2)24-21)31(29,30)19-10-8-17(23)9-11-19/h3-11H,12-15H2,1-2H3. The van der Waals surface area contributed by atoms with Crippen LogP contribution in [0, 0.1) is 0 Å². The van der Waals surface area contributed by atoms with E-state index in [1.165, 1.54) is 23.4 Å². The van der Waals surface area contributed by atoms with E-state index >= 15 is 0 Å². The minimum atomic E-state index is -3.67. The Labute approximate surface area is 186 Å². The molecular formula is C22H23ClN4O3S. The Morgan fingerprint density at radius 1 is 1.13 bits per heavy atom. The number of benzene rings is 2. The molecular weight excluding hydrogens is 436 g/mol. The lowest BCUT2D eigenvalue weighted by molar-refractivity contribution is -0.116. The maximum Gasteiger partial charge on any atom is 0.243 e. The van der Waals surface area contributed by atoms with E-state index < -0.39 is 10.0 Å². The molecule has 31 heavy (non-hydrogen) atoms. The number of carbonyl (C=O) groups is 1. The van der Waals surface area contributed by atoms with E-state index in [9.17, 15) is 13.2 Å². The monoisotopic (exact) mass is 458 g/mol. The zero-order chi connectivity index (χ0) is 22.2. The molecule has 0 bridgehead atoms. The molecule has 2 aromatic carbocycles. The molecule has 9 heteroatoms. The van der Waals surface area contributed by atoms with Crippen LogP contribution in [0.5, 0.6) is 0 Å². The molecule has 0 saturated carbocycles. The van der Waals surface area contributed by atoms with Crippen molar-refractivity contribution in [2.75, 3.05) is 11.4 Å². The summed E-state index contributed by atoms with van der Waals surface area (Å²) in [5.74, 6) is -0.105. The van der Waals surface area contributed by atoms with Crippen molar-refractivity contribution < 1.29 is 13.2 Å². The van der Waals surface area contributed by atoms with E-state index in [2.05, 4.69) is 5.10 Å². The summed E-state index contributed by atoms with van der Waals surface area (Å²) in [5.41, 5.74) is 3.33. The number of sulfonamides is 1. The van der Waals surface area contributed by atoms with Crippen molar-refractivity contribution >= 4 is 33.2 Å². The molecule has 4 rings (SSSR count). The topological polar surface area (TPSA) is 75.5 Å². The summed E-state index contributed by atoms with van der Waals surface area (Å²) >= 11 is 5.91. The minimum absolute atomic E-state index is 0.105. The third kappa shape index (κ3) is 4.23. The van der Waals surface area contributed by atoms with Crippen LogP contribution in [0.3, 0.4) is 0 Å². The Morgan fingerprint density at radius 3 is 2.45 bits per heavy atom. The second kappa shape index (κ2) is 8.45. The number of nitrogens with zero attached hydrogens (tertiary/aromatic N) is 4. The average Bonchev–Trinajstić information content (AvgIpc) is 3.07. The van der Waals surface area contributed by atoms with Crippen molar-refractivity contribution in [3.63, 3.8) is 0 Å². The molecule has 0 fully saturated rings. The number of amides is 1. The number of carbonyl (C=O) groups excluding carboxylic acids is 1. The van der Waals surface area contributed by atoms with Crippen molar-refractivity contribution in [1.29, 1.82) is 0 Å². The summed E-state index contributed by atoms with van der Waals surface area (Å²) < 4.78 is 29.6. The molecule has 0 N–H and O–H groups in total. The van der Waals surface area contributed by atoms with Gasteiger partial charge in [0.1, 0.15) is 0 Å². The highest BCUT2D eigenvalue weighted by molar-refractivity contribution is 7.89. The molecule has 1 aliphatic heterocycles. The van der Waals surface area contributed by atoms with Crippen LogP contribution in [-0.4, -0.2) is 35.0 Å². The van der Waals surface area contributed by atoms with Gasteiger partial charge in [-0.2, -0.15) is 9.40 Å². The van der Waals surface area contributed by atoms with Gasteiger partial charge in [-0.05, 0) is 36.4 Å². The molecule has 2 heterocycles. The van der Waals surface area contributed by atoms with Gasteiger partial charge in [0, 0.05) is 55.4 Å². The Morgan fingerprint density at radius 2 is 1.81 bits per heavy atom. The molecule has 0 radical (unpaired) electrons. The van der Waals surface area contributed by atoms with Crippen LogP contribution in [0.15, 0.2) is 59.5 Å². The van der Waals surface area contributed by atoms with Crippen LogP contribution in [0.25, 0.3) is 0 Å². The van der Waals surface area contributed by atoms with Gasteiger partial charge in [0.2, 0.25) is 15.9 Å². The molecule has 1 amide bonds. The third-order valence-corrected chi connectivity index (χ3v) is 7.61. The van der Waals surface area contributed by atoms with Gasteiger partial charge in [-0.1, -0.05) is 29.8 Å². The van der Waals surface area contributed by atoms with E-state index in [1.54, 1.807) is 21.7 Å². The van der Waals surface area contributed by atoms with Crippen LogP contribution in [0.1, 0.15) is 23.9 Å². The van der Waals surface area contributed by atoms with Crippen LogP contribution < -0.4 is 4.90 Å². The van der Waals surface area contributed by atoms with E-state index in [4.69, 9.17) is 11.6 Å². The summed E-state index contributed by atoms with van der Waals surface area (Å²) in [6.45, 7) is 2.37. The number of hydrogen-bond acceptors (Lipinski definition) is 4. The van der Waals surface area contributed by atoms with E-state index in [-0.39, 0.29) is 23.9 Å². The van der Waals surface area contributed by atoms with Gasteiger partial charge in [-0.15, -0.1) is 0 Å². The quantitative estimate of drug-likeness (QED) is 0.587. The SMILES string of the molecule is CC(=O)N(Cc1nn(C)c2c1CN(S(=O)(=O)c1ccc(Cl)cc1)CC2)c1ccccc1. The fraction of sp³-hybridized carbons (Fsp3) is 0.273. The van der Waals surface area contributed by atoms with Gasteiger partial charge in [-0.25, -0.2) is 8.42 Å². The Balaban J connectivity index is 1.65. The highest BCUT2D eigenvalue weighted by atomic mass is 35.5. The summed E-state index contributed by atoms with van der Waals surface area (Å²) in [6.07, 6.45) is 0.553. The van der Waals surface area contributed by atoms with Crippen molar-refractivity contribution in [1.82, 2.24) is 14.1 Å². The largest absolute Gasteiger partial charge is 0.307 e. The van der Waals surface area contributed by atoms with Crippen LogP contribution in [-0.2, 0) is 41.4 Å². The summed E-state index contributed by atoms with van der Waals surface area (Å²) in [4.78, 5) is 14.2. The number of aryl methyl sites for hydroxylation is 1. The first-order chi connectivity index (χ1) is 14.8. The zero-order valence-corrected chi connectivity index (χ0v) is 18.9. The zero-order valence-electron chi connectivity index (χ0n) is 17.3. The number of para-hydroxylation sites is 1. The third-order valence-electron chi connectivity index (χ3n) is 5.50. The van der Waals surface area contributed by atoms with Gasteiger partial charge in [0.15, 0.2) is 0 Å². The molecule has 0 saturated heterocycles. The Hall–Kier alpha value is -2.68. The molecule has 0 atom stereocenters. The minimum Gasteiger partial charge on any atom is -0.307 e. The number of aromatic nitrogens is 2. The number of halogens is 1. The Kier molecular flexibility index (Phi) is 5.88. The van der Waals surface area contributed by atoms with Crippen molar-refractivity contribution in [2.45, 2.75) is 31.3 Å².